The van der Waals surface area contributed by atoms with Gasteiger partial charge in [0.25, 0.3) is 5.69 Å². The number of halogens is 2. The second-order valence-electron chi connectivity index (χ2n) is 5.79. The first-order valence-corrected chi connectivity index (χ1v) is 6.94. The molecule has 6 heteroatoms. The molecule has 1 fully saturated rings. The Kier molecular flexibility index (Phi) is 3.92. The van der Waals surface area contributed by atoms with E-state index in [4.69, 9.17) is 23.2 Å². The highest BCUT2D eigenvalue weighted by molar-refractivity contribution is 6.42. The second kappa shape index (κ2) is 5.17. The number of hydrogen-bond acceptors (Lipinski definition) is 3. The fourth-order valence-electron chi connectivity index (χ4n) is 2.58. The first-order valence-electron chi connectivity index (χ1n) is 6.18. The molecule has 1 aromatic carbocycles. The Bertz CT molecular complexity index is 518. The number of hydrogen-bond donors (Lipinski definition) is 1. The molecule has 1 N–H and O–H groups in total. The van der Waals surface area contributed by atoms with E-state index in [-0.39, 0.29) is 22.2 Å². The van der Waals surface area contributed by atoms with Crippen LogP contribution in [-0.2, 0) is 0 Å². The highest BCUT2D eigenvalue weighted by atomic mass is 35.5. The molecule has 1 aliphatic rings. The topological polar surface area (TPSA) is 55.2 Å². The molecule has 1 aliphatic carbocycles. The van der Waals surface area contributed by atoms with Gasteiger partial charge in [-0.2, -0.15) is 0 Å². The third-order valence-electron chi connectivity index (χ3n) is 3.56. The number of anilines is 1. The summed E-state index contributed by atoms with van der Waals surface area (Å²) in [5, 5.41) is 14.8. The highest BCUT2D eigenvalue weighted by Gasteiger charge is 2.32. The maximum atomic E-state index is 11.1. The van der Waals surface area contributed by atoms with E-state index in [1.54, 1.807) is 0 Å². The van der Waals surface area contributed by atoms with Crippen molar-refractivity contribution in [2.24, 2.45) is 5.41 Å². The Labute approximate surface area is 122 Å². The summed E-state index contributed by atoms with van der Waals surface area (Å²) in [5.41, 5.74) is 0.698. The second-order valence-corrected chi connectivity index (χ2v) is 6.60. The smallest absolute Gasteiger partial charge is 0.293 e. The lowest BCUT2D eigenvalue weighted by atomic mass is 9.92. The van der Waals surface area contributed by atoms with Gasteiger partial charge in [-0.1, -0.05) is 37.0 Å². The molecule has 4 nitrogen and oxygen atoms in total. The molecule has 1 unspecified atom stereocenters. The third kappa shape index (κ3) is 3.31. The van der Waals surface area contributed by atoms with Gasteiger partial charge in [0.15, 0.2) is 0 Å². The molecule has 1 aromatic rings. The van der Waals surface area contributed by atoms with Crippen molar-refractivity contribution in [2.45, 2.75) is 39.2 Å². The van der Waals surface area contributed by atoms with Gasteiger partial charge in [0.1, 0.15) is 5.69 Å². The zero-order valence-corrected chi connectivity index (χ0v) is 12.4. The van der Waals surface area contributed by atoms with E-state index in [9.17, 15) is 10.1 Å². The van der Waals surface area contributed by atoms with Crippen LogP contribution in [0.2, 0.25) is 10.0 Å². The summed E-state index contributed by atoms with van der Waals surface area (Å²) < 4.78 is 0. The van der Waals surface area contributed by atoms with Crippen LogP contribution >= 0.6 is 23.2 Å². The summed E-state index contributed by atoms with van der Waals surface area (Å²) in [5.74, 6) is 0. The number of nitrogens with one attached hydrogen (secondary N) is 1. The van der Waals surface area contributed by atoms with Crippen molar-refractivity contribution in [1.82, 2.24) is 0 Å². The molecule has 0 aliphatic heterocycles. The summed E-state index contributed by atoms with van der Waals surface area (Å²) in [6.07, 6.45) is 3.11. The molecule has 0 saturated heterocycles. The Hall–Kier alpha value is -1.00. The van der Waals surface area contributed by atoms with Crippen LogP contribution in [0.4, 0.5) is 11.4 Å². The minimum absolute atomic E-state index is 0.0286. The Morgan fingerprint density at radius 3 is 2.53 bits per heavy atom. The number of benzene rings is 1. The van der Waals surface area contributed by atoms with Crippen LogP contribution in [0.15, 0.2) is 12.1 Å². The summed E-state index contributed by atoms with van der Waals surface area (Å²) >= 11 is 11.8. The van der Waals surface area contributed by atoms with Crippen LogP contribution in [0.3, 0.4) is 0 Å². The van der Waals surface area contributed by atoms with Gasteiger partial charge in [-0.15, -0.1) is 0 Å². The van der Waals surface area contributed by atoms with Gasteiger partial charge < -0.3 is 5.32 Å². The molecule has 0 heterocycles. The van der Waals surface area contributed by atoms with E-state index >= 15 is 0 Å². The monoisotopic (exact) mass is 302 g/mol. The van der Waals surface area contributed by atoms with Crippen LogP contribution in [0, 0.1) is 15.5 Å². The number of nitro groups is 1. The zero-order chi connectivity index (χ0) is 14.2. The van der Waals surface area contributed by atoms with E-state index in [0.717, 1.165) is 19.3 Å². The molecule has 0 bridgehead atoms. The average molecular weight is 303 g/mol. The van der Waals surface area contributed by atoms with Crippen molar-refractivity contribution in [3.8, 4) is 0 Å². The van der Waals surface area contributed by atoms with Crippen LogP contribution in [0.5, 0.6) is 0 Å². The molecule has 2 rings (SSSR count). The summed E-state index contributed by atoms with van der Waals surface area (Å²) in [4.78, 5) is 10.6. The van der Waals surface area contributed by atoms with Crippen LogP contribution in [-0.4, -0.2) is 11.0 Å². The van der Waals surface area contributed by atoms with Crippen molar-refractivity contribution in [3.05, 3.63) is 32.3 Å². The van der Waals surface area contributed by atoms with Gasteiger partial charge in [-0.3, -0.25) is 10.1 Å². The standard InChI is InChI=1S/C13H16Cl2N2O2/c1-13(2)4-3-8(7-13)16-11-5-9(14)10(15)6-12(11)17(18)19/h5-6,8,16H,3-4,7H2,1-2H3. The molecular weight excluding hydrogens is 287 g/mol. The normalized spacial score (nSPS) is 21.4. The average Bonchev–Trinajstić information content (AvgIpc) is 2.62. The first kappa shape index (κ1) is 14.4. The van der Waals surface area contributed by atoms with Gasteiger partial charge in [-0.25, -0.2) is 0 Å². The summed E-state index contributed by atoms with van der Waals surface area (Å²) in [7, 11) is 0. The number of nitro benzene ring substituents is 1. The van der Waals surface area contributed by atoms with Crippen LogP contribution in [0.1, 0.15) is 33.1 Å². The largest absolute Gasteiger partial charge is 0.377 e. The van der Waals surface area contributed by atoms with E-state index in [1.165, 1.54) is 12.1 Å². The SMILES string of the molecule is CC1(C)CCC(Nc2cc(Cl)c(Cl)cc2[N+](=O)[O-])C1. The van der Waals surface area contributed by atoms with E-state index < -0.39 is 4.92 Å². The van der Waals surface area contributed by atoms with Crippen molar-refractivity contribution in [3.63, 3.8) is 0 Å². The molecule has 0 amide bonds. The highest BCUT2D eigenvalue weighted by Crippen LogP contribution is 2.40. The van der Waals surface area contributed by atoms with Crippen LogP contribution < -0.4 is 5.32 Å². The van der Waals surface area contributed by atoms with Gasteiger partial charge in [-0.05, 0) is 30.7 Å². The van der Waals surface area contributed by atoms with Gasteiger partial charge in [0, 0.05) is 12.1 Å². The molecule has 0 spiro atoms. The first-order chi connectivity index (χ1) is 8.78. The van der Waals surface area contributed by atoms with Crippen molar-refractivity contribution in [2.75, 3.05) is 5.32 Å². The van der Waals surface area contributed by atoms with E-state index in [0.29, 0.717) is 10.7 Å². The summed E-state index contributed by atoms with van der Waals surface area (Å²) in [6, 6.07) is 3.07. The van der Waals surface area contributed by atoms with Crippen molar-refractivity contribution in [1.29, 1.82) is 0 Å². The Balaban J connectivity index is 2.25. The fraction of sp³-hybridized carbons (Fsp3) is 0.538. The van der Waals surface area contributed by atoms with Crippen molar-refractivity contribution >= 4 is 34.6 Å². The predicted molar refractivity (Wildman–Crippen MR) is 78.2 cm³/mol. The minimum Gasteiger partial charge on any atom is -0.377 e. The lowest BCUT2D eigenvalue weighted by molar-refractivity contribution is -0.384. The van der Waals surface area contributed by atoms with E-state index in [2.05, 4.69) is 19.2 Å². The molecule has 104 valence electrons. The zero-order valence-electron chi connectivity index (χ0n) is 10.9. The van der Waals surface area contributed by atoms with E-state index in [1.807, 2.05) is 0 Å². The molecular formula is C13H16Cl2N2O2. The molecule has 1 atom stereocenters. The van der Waals surface area contributed by atoms with Gasteiger partial charge in [0.2, 0.25) is 0 Å². The number of rotatable bonds is 3. The predicted octanol–water partition coefficient (Wildman–Crippen LogP) is 4.89. The molecule has 0 radical (unpaired) electrons. The third-order valence-corrected chi connectivity index (χ3v) is 4.29. The number of nitrogens with zero attached hydrogens (tertiary/aromatic N) is 1. The molecule has 0 aromatic heterocycles. The van der Waals surface area contributed by atoms with Gasteiger partial charge >= 0.3 is 0 Å². The fourth-order valence-corrected chi connectivity index (χ4v) is 2.90. The maximum absolute atomic E-state index is 11.1. The van der Waals surface area contributed by atoms with Crippen molar-refractivity contribution < 1.29 is 4.92 Å². The quantitative estimate of drug-likeness (QED) is 0.638. The Morgan fingerprint density at radius 1 is 1.37 bits per heavy atom. The maximum Gasteiger partial charge on any atom is 0.293 e. The van der Waals surface area contributed by atoms with Crippen LogP contribution in [0.25, 0.3) is 0 Å². The summed E-state index contributed by atoms with van der Waals surface area (Å²) in [6.45, 7) is 4.41. The lowest BCUT2D eigenvalue weighted by Crippen LogP contribution is -2.18. The Morgan fingerprint density at radius 2 is 2.00 bits per heavy atom. The van der Waals surface area contributed by atoms with Gasteiger partial charge in [0.05, 0.1) is 15.0 Å². The molecule has 19 heavy (non-hydrogen) atoms. The minimum atomic E-state index is -0.440. The molecule has 1 saturated carbocycles. The lowest BCUT2D eigenvalue weighted by Gasteiger charge is -2.18.